The minimum Gasteiger partial charge on any atom is -0.324 e. The second-order valence-electron chi connectivity index (χ2n) is 4.99. The van der Waals surface area contributed by atoms with E-state index < -0.39 is 5.91 Å². The molecule has 8 heteroatoms. The highest BCUT2D eigenvalue weighted by Gasteiger charge is 2.11. The zero-order valence-electron chi connectivity index (χ0n) is 12.6. The zero-order valence-corrected chi connectivity index (χ0v) is 14.1. The number of halogens is 3. The molecule has 2 aromatic carbocycles. The number of amides is 1. The molecule has 2 N–H and O–H groups in total. The molecule has 0 atom stereocenters. The molecule has 0 spiro atoms. The van der Waals surface area contributed by atoms with Crippen LogP contribution in [-0.2, 0) is 0 Å². The molecule has 0 fully saturated rings. The molecule has 0 radical (unpaired) electrons. The monoisotopic (exact) mass is 376 g/mol. The molecule has 0 aliphatic rings. The fourth-order valence-corrected chi connectivity index (χ4v) is 2.35. The molecule has 0 aliphatic carbocycles. The van der Waals surface area contributed by atoms with Gasteiger partial charge in [-0.25, -0.2) is 14.4 Å². The predicted octanol–water partition coefficient (Wildman–Crippen LogP) is 4.92. The van der Waals surface area contributed by atoms with Crippen LogP contribution in [0.1, 0.15) is 10.4 Å². The summed E-state index contributed by atoms with van der Waals surface area (Å²) in [5.41, 5.74) is 1.13. The van der Waals surface area contributed by atoms with Crippen LogP contribution in [-0.4, -0.2) is 15.9 Å². The third-order valence-corrected chi connectivity index (χ3v) is 4.01. The second kappa shape index (κ2) is 7.46. The third kappa shape index (κ3) is 4.23. The van der Waals surface area contributed by atoms with Gasteiger partial charge in [-0.1, -0.05) is 35.3 Å². The zero-order chi connectivity index (χ0) is 17.8. The molecule has 0 saturated carbocycles. The summed E-state index contributed by atoms with van der Waals surface area (Å²) in [4.78, 5) is 20.3. The maximum atomic E-state index is 13.2. The van der Waals surface area contributed by atoms with E-state index in [1.54, 1.807) is 30.3 Å². The van der Waals surface area contributed by atoms with E-state index in [9.17, 15) is 9.18 Å². The lowest BCUT2D eigenvalue weighted by molar-refractivity contribution is 0.102. The summed E-state index contributed by atoms with van der Waals surface area (Å²) in [6, 6.07) is 10.8. The van der Waals surface area contributed by atoms with Crippen LogP contribution >= 0.6 is 23.2 Å². The summed E-state index contributed by atoms with van der Waals surface area (Å²) in [5.74, 6) is -0.566. The second-order valence-corrected chi connectivity index (χ2v) is 5.77. The minimum absolute atomic E-state index is 0.237. The van der Waals surface area contributed by atoms with Gasteiger partial charge >= 0.3 is 0 Å². The number of rotatable bonds is 4. The van der Waals surface area contributed by atoms with Gasteiger partial charge in [0.25, 0.3) is 5.91 Å². The number of aromatic nitrogens is 2. The van der Waals surface area contributed by atoms with E-state index in [-0.39, 0.29) is 22.4 Å². The molecular formula is C17H11Cl2FN4O. The summed E-state index contributed by atoms with van der Waals surface area (Å²) in [7, 11) is 0. The number of nitrogens with one attached hydrogen (secondary N) is 2. The largest absolute Gasteiger partial charge is 0.324 e. The number of anilines is 3. The maximum Gasteiger partial charge on any atom is 0.258 e. The van der Waals surface area contributed by atoms with Gasteiger partial charge in [0.15, 0.2) is 0 Å². The molecule has 1 heterocycles. The van der Waals surface area contributed by atoms with Crippen LogP contribution in [0.25, 0.3) is 0 Å². The Morgan fingerprint density at radius 2 is 1.76 bits per heavy atom. The molecule has 126 valence electrons. The highest BCUT2D eigenvalue weighted by Crippen LogP contribution is 2.29. The first-order chi connectivity index (χ1) is 12.0. The third-order valence-electron chi connectivity index (χ3n) is 3.19. The van der Waals surface area contributed by atoms with Gasteiger partial charge < -0.3 is 10.6 Å². The van der Waals surface area contributed by atoms with E-state index in [0.29, 0.717) is 16.4 Å². The molecule has 5 nitrogen and oxygen atoms in total. The van der Waals surface area contributed by atoms with E-state index in [1.807, 2.05) is 0 Å². The van der Waals surface area contributed by atoms with Crippen molar-refractivity contribution in [2.75, 3.05) is 10.6 Å². The maximum absolute atomic E-state index is 13.2. The first-order valence-electron chi connectivity index (χ1n) is 7.13. The lowest BCUT2D eigenvalue weighted by Crippen LogP contribution is -2.13. The van der Waals surface area contributed by atoms with Gasteiger partial charge in [0.05, 0.1) is 21.3 Å². The minimum atomic E-state index is -0.429. The lowest BCUT2D eigenvalue weighted by atomic mass is 10.2. The first-order valence-corrected chi connectivity index (χ1v) is 7.88. The molecule has 1 aromatic heterocycles. The van der Waals surface area contributed by atoms with Crippen LogP contribution < -0.4 is 10.6 Å². The van der Waals surface area contributed by atoms with E-state index in [4.69, 9.17) is 23.2 Å². The smallest absolute Gasteiger partial charge is 0.258 e. The number of hydrogen-bond donors (Lipinski definition) is 2. The van der Waals surface area contributed by atoms with Crippen molar-refractivity contribution < 1.29 is 9.18 Å². The van der Waals surface area contributed by atoms with Gasteiger partial charge in [-0.15, -0.1) is 0 Å². The topological polar surface area (TPSA) is 66.9 Å². The van der Waals surface area contributed by atoms with E-state index in [1.165, 1.54) is 24.5 Å². The van der Waals surface area contributed by atoms with Gasteiger partial charge in [0, 0.05) is 18.1 Å². The molecule has 0 unspecified atom stereocenters. The summed E-state index contributed by atoms with van der Waals surface area (Å²) in [6.07, 6.45) is 2.70. The van der Waals surface area contributed by atoms with Crippen molar-refractivity contribution in [3.05, 3.63) is 76.3 Å². The van der Waals surface area contributed by atoms with Crippen LogP contribution in [0.15, 0.2) is 54.9 Å². The van der Waals surface area contributed by atoms with Crippen molar-refractivity contribution in [1.82, 2.24) is 9.97 Å². The van der Waals surface area contributed by atoms with E-state index >= 15 is 0 Å². The summed E-state index contributed by atoms with van der Waals surface area (Å²) in [6.45, 7) is 0. The summed E-state index contributed by atoms with van der Waals surface area (Å²) >= 11 is 11.9. The fourth-order valence-electron chi connectivity index (χ4n) is 2.00. The van der Waals surface area contributed by atoms with Crippen LogP contribution in [0.5, 0.6) is 0 Å². The van der Waals surface area contributed by atoms with Crippen LogP contribution in [0.3, 0.4) is 0 Å². The van der Waals surface area contributed by atoms with Crippen molar-refractivity contribution in [1.29, 1.82) is 0 Å². The highest BCUT2D eigenvalue weighted by molar-refractivity contribution is 6.44. The molecule has 0 bridgehead atoms. The van der Waals surface area contributed by atoms with Crippen LogP contribution in [0, 0.1) is 5.82 Å². The Morgan fingerprint density at radius 3 is 2.48 bits per heavy atom. The van der Waals surface area contributed by atoms with E-state index in [2.05, 4.69) is 20.6 Å². The number of carbonyl (C=O) groups is 1. The predicted molar refractivity (Wildman–Crippen MR) is 96.1 cm³/mol. The SMILES string of the molecule is O=C(Nc1cccc(Cl)c1Cl)c1cnc(Nc2cccc(F)c2)nc1. The average molecular weight is 377 g/mol. The molecular weight excluding hydrogens is 366 g/mol. The van der Waals surface area contributed by atoms with Crippen molar-refractivity contribution in [2.24, 2.45) is 0 Å². The molecule has 25 heavy (non-hydrogen) atoms. The molecule has 0 aliphatic heterocycles. The Bertz CT molecular complexity index is 919. The Labute approximate surface area is 152 Å². The summed E-state index contributed by atoms with van der Waals surface area (Å²) in [5, 5.41) is 6.07. The normalized spacial score (nSPS) is 10.4. The highest BCUT2D eigenvalue weighted by atomic mass is 35.5. The number of carbonyl (C=O) groups excluding carboxylic acids is 1. The number of hydrogen-bond acceptors (Lipinski definition) is 4. The van der Waals surface area contributed by atoms with Gasteiger partial charge in [-0.05, 0) is 30.3 Å². The molecule has 3 rings (SSSR count). The van der Waals surface area contributed by atoms with Crippen molar-refractivity contribution in [2.45, 2.75) is 0 Å². The van der Waals surface area contributed by atoms with Gasteiger partial charge in [0.1, 0.15) is 5.82 Å². The average Bonchev–Trinajstić information content (AvgIpc) is 2.59. The van der Waals surface area contributed by atoms with Crippen LogP contribution in [0.4, 0.5) is 21.7 Å². The van der Waals surface area contributed by atoms with Crippen LogP contribution in [0.2, 0.25) is 10.0 Å². The van der Waals surface area contributed by atoms with Gasteiger partial charge in [-0.3, -0.25) is 4.79 Å². The van der Waals surface area contributed by atoms with Gasteiger partial charge in [0.2, 0.25) is 5.95 Å². The molecule has 1 amide bonds. The Morgan fingerprint density at radius 1 is 1.04 bits per heavy atom. The van der Waals surface area contributed by atoms with Gasteiger partial charge in [-0.2, -0.15) is 0 Å². The Kier molecular flexibility index (Phi) is 5.11. The van der Waals surface area contributed by atoms with Crippen molar-refractivity contribution >= 4 is 46.4 Å². The Hall–Kier alpha value is -2.70. The number of benzene rings is 2. The first kappa shape index (κ1) is 17.1. The van der Waals surface area contributed by atoms with Crippen molar-refractivity contribution in [3.63, 3.8) is 0 Å². The molecule has 3 aromatic rings. The van der Waals surface area contributed by atoms with E-state index in [0.717, 1.165) is 0 Å². The summed E-state index contributed by atoms with van der Waals surface area (Å²) < 4.78 is 13.2. The fraction of sp³-hybridized carbons (Fsp3) is 0. The quantitative estimate of drug-likeness (QED) is 0.678. The number of nitrogens with zero attached hydrogens (tertiary/aromatic N) is 2. The lowest BCUT2D eigenvalue weighted by Gasteiger charge is -2.08. The standard InChI is InChI=1S/C17H11Cl2FN4O/c18-13-5-2-6-14(15(13)19)24-16(25)10-8-21-17(22-9-10)23-12-4-1-3-11(20)7-12/h1-9H,(H,24,25)(H,21,22,23). The molecule has 0 saturated heterocycles. The van der Waals surface area contributed by atoms with Crippen molar-refractivity contribution in [3.8, 4) is 0 Å². The Balaban J connectivity index is 1.71.